The lowest BCUT2D eigenvalue weighted by Gasteiger charge is -1.94. The number of hydrogen-bond donors (Lipinski definition) is 2. The molecule has 7 nitrogen and oxygen atoms in total. The number of rotatable bonds is 1. The predicted octanol–water partition coefficient (Wildman–Crippen LogP) is 0.0618. The fourth-order valence-corrected chi connectivity index (χ4v) is 1.54. The molecule has 0 bridgehead atoms. The third-order valence-corrected chi connectivity index (χ3v) is 2.36. The molecular formula is C10H8N6O. The summed E-state index contributed by atoms with van der Waals surface area (Å²) in [7, 11) is 0. The Kier molecular flexibility index (Phi) is 1.91. The normalized spacial score (nSPS) is 10.8. The molecule has 0 aromatic carbocycles. The van der Waals surface area contributed by atoms with Gasteiger partial charge in [0.1, 0.15) is 11.4 Å². The van der Waals surface area contributed by atoms with Gasteiger partial charge in [-0.1, -0.05) is 0 Å². The minimum atomic E-state index is -0.329. The first-order valence-electron chi connectivity index (χ1n) is 4.88. The van der Waals surface area contributed by atoms with Gasteiger partial charge in [0.05, 0.1) is 18.1 Å². The molecule has 0 aliphatic heterocycles. The maximum Gasteiger partial charge on any atom is 0.295 e. The number of fused-ring (bicyclic) bond motifs is 1. The van der Waals surface area contributed by atoms with E-state index in [9.17, 15) is 4.79 Å². The van der Waals surface area contributed by atoms with Crippen LogP contribution in [0.2, 0.25) is 0 Å². The van der Waals surface area contributed by atoms with E-state index in [0.717, 1.165) is 0 Å². The average molecular weight is 228 g/mol. The Morgan fingerprint density at radius 2 is 2.12 bits per heavy atom. The van der Waals surface area contributed by atoms with Crippen LogP contribution in [0.1, 0.15) is 0 Å². The van der Waals surface area contributed by atoms with Gasteiger partial charge in [0.25, 0.3) is 5.56 Å². The van der Waals surface area contributed by atoms with E-state index in [2.05, 4.69) is 20.1 Å². The minimum absolute atomic E-state index is 0.0926. The van der Waals surface area contributed by atoms with Crippen LogP contribution in [0.25, 0.3) is 17.0 Å². The maximum absolute atomic E-state index is 11.7. The molecule has 0 atom stereocenters. The zero-order chi connectivity index (χ0) is 11.8. The molecule has 3 aromatic rings. The maximum atomic E-state index is 11.7. The Bertz CT molecular complexity index is 729. The predicted molar refractivity (Wildman–Crippen MR) is 61.3 cm³/mol. The molecule has 3 N–H and O–H groups in total. The van der Waals surface area contributed by atoms with Gasteiger partial charge in [-0.05, 0) is 0 Å². The van der Waals surface area contributed by atoms with Crippen molar-refractivity contribution in [2.45, 2.75) is 0 Å². The second-order valence-corrected chi connectivity index (χ2v) is 3.47. The Balaban J connectivity index is 2.28. The minimum Gasteiger partial charge on any atom is -0.393 e. The zero-order valence-electron chi connectivity index (χ0n) is 8.66. The van der Waals surface area contributed by atoms with E-state index in [1.54, 1.807) is 24.7 Å². The number of nitrogens with one attached hydrogen (secondary N) is 1. The molecule has 7 heteroatoms. The summed E-state index contributed by atoms with van der Waals surface area (Å²) in [5, 5.41) is 2.88. The Morgan fingerprint density at radius 1 is 1.24 bits per heavy atom. The lowest BCUT2D eigenvalue weighted by molar-refractivity contribution is 0.904. The van der Waals surface area contributed by atoms with Crippen LogP contribution in [0.5, 0.6) is 0 Å². The SMILES string of the molecule is Nc1cnc2cc(-c3cnccn3)[nH]n2c1=O. The monoisotopic (exact) mass is 228 g/mol. The van der Waals surface area contributed by atoms with Crippen LogP contribution < -0.4 is 11.3 Å². The summed E-state index contributed by atoms with van der Waals surface area (Å²) in [5.41, 5.74) is 7.04. The molecule has 0 saturated heterocycles. The van der Waals surface area contributed by atoms with Crippen molar-refractivity contribution in [1.29, 1.82) is 0 Å². The number of hydrogen-bond acceptors (Lipinski definition) is 5. The van der Waals surface area contributed by atoms with E-state index < -0.39 is 0 Å². The van der Waals surface area contributed by atoms with E-state index in [-0.39, 0.29) is 11.2 Å². The molecule has 0 aliphatic rings. The lowest BCUT2D eigenvalue weighted by atomic mass is 10.3. The highest BCUT2D eigenvalue weighted by Crippen LogP contribution is 2.14. The summed E-state index contributed by atoms with van der Waals surface area (Å²) in [4.78, 5) is 23.8. The third-order valence-electron chi connectivity index (χ3n) is 2.36. The molecule has 0 spiro atoms. The van der Waals surface area contributed by atoms with Crippen molar-refractivity contribution in [2.75, 3.05) is 5.73 Å². The average Bonchev–Trinajstić information content (AvgIpc) is 2.80. The first-order chi connectivity index (χ1) is 8.25. The van der Waals surface area contributed by atoms with Gasteiger partial charge in [-0.3, -0.25) is 19.9 Å². The van der Waals surface area contributed by atoms with Crippen LogP contribution >= 0.6 is 0 Å². The van der Waals surface area contributed by atoms with E-state index in [4.69, 9.17) is 5.73 Å². The fourth-order valence-electron chi connectivity index (χ4n) is 1.54. The molecule has 0 saturated carbocycles. The molecule has 0 radical (unpaired) electrons. The van der Waals surface area contributed by atoms with Crippen LogP contribution in [0.3, 0.4) is 0 Å². The van der Waals surface area contributed by atoms with Crippen molar-refractivity contribution in [3.63, 3.8) is 0 Å². The topological polar surface area (TPSA) is 102 Å². The summed E-state index contributed by atoms with van der Waals surface area (Å²) < 4.78 is 1.28. The fraction of sp³-hybridized carbons (Fsp3) is 0. The molecule has 3 heterocycles. The van der Waals surface area contributed by atoms with Gasteiger partial charge in [0.15, 0.2) is 5.65 Å². The quantitative estimate of drug-likeness (QED) is 0.613. The first-order valence-corrected chi connectivity index (χ1v) is 4.88. The van der Waals surface area contributed by atoms with Gasteiger partial charge in [0, 0.05) is 18.5 Å². The van der Waals surface area contributed by atoms with Gasteiger partial charge in [0.2, 0.25) is 0 Å². The van der Waals surface area contributed by atoms with Crippen molar-refractivity contribution >= 4 is 11.3 Å². The highest BCUT2D eigenvalue weighted by atomic mass is 16.1. The smallest absolute Gasteiger partial charge is 0.295 e. The zero-order valence-corrected chi connectivity index (χ0v) is 8.66. The number of nitrogens with zero attached hydrogens (tertiary/aromatic N) is 4. The number of nitrogen functional groups attached to an aromatic ring is 1. The van der Waals surface area contributed by atoms with E-state index in [1.807, 2.05) is 0 Å². The highest BCUT2D eigenvalue weighted by molar-refractivity contribution is 5.60. The molecule has 0 amide bonds. The standard InChI is InChI=1S/C10H8N6O/c11-6-4-14-9-3-7(15-16(9)10(6)17)8-5-12-1-2-13-8/h1-5,15H,11H2. The molecule has 0 aliphatic carbocycles. The lowest BCUT2D eigenvalue weighted by Crippen LogP contribution is -2.18. The van der Waals surface area contributed by atoms with Crippen LogP contribution in [-0.4, -0.2) is 24.6 Å². The van der Waals surface area contributed by atoms with Gasteiger partial charge in [-0.15, -0.1) is 0 Å². The second kappa shape index (κ2) is 3.41. The van der Waals surface area contributed by atoms with Crippen molar-refractivity contribution in [2.24, 2.45) is 0 Å². The van der Waals surface area contributed by atoms with Gasteiger partial charge >= 0.3 is 0 Å². The van der Waals surface area contributed by atoms with Crippen LogP contribution in [0.4, 0.5) is 5.69 Å². The Hall–Kier alpha value is -2.70. The third kappa shape index (κ3) is 1.44. The van der Waals surface area contributed by atoms with Gasteiger partial charge in [-0.25, -0.2) is 4.98 Å². The van der Waals surface area contributed by atoms with E-state index >= 15 is 0 Å². The van der Waals surface area contributed by atoms with Crippen molar-refractivity contribution in [3.8, 4) is 11.4 Å². The van der Waals surface area contributed by atoms with Crippen molar-refractivity contribution in [3.05, 3.63) is 41.2 Å². The van der Waals surface area contributed by atoms with Crippen molar-refractivity contribution in [1.82, 2.24) is 24.6 Å². The number of H-pyrrole nitrogens is 1. The van der Waals surface area contributed by atoms with E-state index in [0.29, 0.717) is 17.0 Å². The molecule has 0 unspecified atom stereocenters. The second-order valence-electron chi connectivity index (χ2n) is 3.47. The van der Waals surface area contributed by atoms with Crippen LogP contribution in [-0.2, 0) is 0 Å². The largest absolute Gasteiger partial charge is 0.393 e. The van der Waals surface area contributed by atoms with Crippen LogP contribution in [0.15, 0.2) is 35.6 Å². The Morgan fingerprint density at radius 3 is 2.88 bits per heavy atom. The summed E-state index contributed by atoms with van der Waals surface area (Å²) in [5.74, 6) is 0. The summed E-state index contributed by atoms with van der Waals surface area (Å²) >= 11 is 0. The molecule has 3 aromatic heterocycles. The van der Waals surface area contributed by atoms with E-state index in [1.165, 1.54) is 10.7 Å². The molecular weight excluding hydrogens is 220 g/mol. The molecule has 3 rings (SSSR count). The number of aromatic amines is 1. The molecule has 17 heavy (non-hydrogen) atoms. The van der Waals surface area contributed by atoms with Gasteiger partial charge in [-0.2, -0.15) is 4.52 Å². The number of anilines is 1. The molecule has 0 fully saturated rings. The number of nitrogens with two attached hydrogens (primary N) is 1. The summed E-state index contributed by atoms with van der Waals surface area (Å²) in [6.45, 7) is 0. The highest BCUT2D eigenvalue weighted by Gasteiger charge is 2.07. The van der Waals surface area contributed by atoms with Crippen LogP contribution in [0, 0.1) is 0 Å². The Labute approximate surface area is 95.0 Å². The summed E-state index contributed by atoms with van der Waals surface area (Å²) in [6.07, 6.45) is 6.09. The molecule has 84 valence electrons. The van der Waals surface area contributed by atoms with Gasteiger partial charge < -0.3 is 5.73 Å². The summed E-state index contributed by atoms with van der Waals surface area (Å²) in [6, 6.07) is 1.71. The first kappa shape index (κ1) is 9.52. The number of aromatic nitrogens is 5. The van der Waals surface area contributed by atoms with Crippen molar-refractivity contribution < 1.29 is 0 Å².